The van der Waals surface area contributed by atoms with Crippen LogP contribution in [-0.4, -0.2) is 42.1 Å². The minimum Gasteiger partial charge on any atom is -0.381 e. The molecule has 2 aliphatic heterocycles. The van der Waals surface area contributed by atoms with Gasteiger partial charge in [0.05, 0.1) is 11.5 Å². The first-order chi connectivity index (χ1) is 14.1. The van der Waals surface area contributed by atoms with Crippen molar-refractivity contribution in [1.82, 2.24) is 15.2 Å². The van der Waals surface area contributed by atoms with E-state index in [0.717, 1.165) is 43.6 Å². The van der Waals surface area contributed by atoms with E-state index in [2.05, 4.69) is 21.3 Å². The lowest BCUT2D eigenvalue weighted by Gasteiger charge is -2.40. The highest BCUT2D eigenvalue weighted by atomic mass is 19.1. The second kappa shape index (κ2) is 9.01. The number of pyridine rings is 1. The summed E-state index contributed by atoms with van der Waals surface area (Å²) in [6, 6.07) is 10.6. The van der Waals surface area contributed by atoms with Crippen molar-refractivity contribution in [3.8, 4) is 0 Å². The molecule has 2 saturated heterocycles. The molecule has 1 aromatic carbocycles. The van der Waals surface area contributed by atoms with Crippen molar-refractivity contribution in [3.63, 3.8) is 0 Å². The summed E-state index contributed by atoms with van der Waals surface area (Å²) in [6.07, 6.45) is 6.85. The van der Waals surface area contributed by atoms with Crippen LogP contribution in [0.3, 0.4) is 0 Å². The molecule has 1 atom stereocenters. The van der Waals surface area contributed by atoms with Crippen LogP contribution in [-0.2, 0) is 21.6 Å². The SMILES string of the molecule is O=C(NC1(c2cccc(F)c2)CCOCC1)C1CCCN(Cc2cccnc2)C1. The van der Waals surface area contributed by atoms with Gasteiger partial charge in [0.2, 0.25) is 5.91 Å². The first-order valence-corrected chi connectivity index (χ1v) is 10.4. The van der Waals surface area contributed by atoms with E-state index >= 15 is 0 Å². The summed E-state index contributed by atoms with van der Waals surface area (Å²) in [6.45, 7) is 3.65. The molecular weight excluding hydrogens is 369 g/mol. The molecule has 3 heterocycles. The maximum Gasteiger partial charge on any atom is 0.225 e. The maximum absolute atomic E-state index is 13.9. The number of ether oxygens (including phenoxy) is 1. The Morgan fingerprint density at radius 3 is 2.90 bits per heavy atom. The zero-order valence-electron chi connectivity index (χ0n) is 16.6. The van der Waals surface area contributed by atoms with Crippen molar-refractivity contribution < 1.29 is 13.9 Å². The fraction of sp³-hybridized carbons (Fsp3) is 0.478. The molecule has 29 heavy (non-hydrogen) atoms. The van der Waals surface area contributed by atoms with E-state index in [-0.39, 0.29) is 17.6 Å². The fourth-order valence-corrected chi connectivity index (χ4v) is 4.49. The Hall–Kier alpha value is -2.31. The lowest BCUT2D eigenvalue weighted by Crippen LogP contribution is -2.53. The van der Waals surface area contributed by atoms with Crippen LogP contribution in [0.25, 0.3) is 0 Å². The summed E-state index contributed by atoms with van der Waals surface area (Å²) in [5.74, 6) is -0.274. The van der Waals surface area contributed by atoms with Crippen molar-refractivity contribution in [3.05, 3.63) is 65.7 Å². The fourth-order valence-electron chi connectivity index (χ4n) is 4.49. The molecule has 6 heteroatoms. The Bertz CT molecular complexity index is 824. The predicted molar refractivity (Wildman–Crippen MR) is 109 cm³/mol. The van der Waals surface area contributed by atoms with Crippen LogP contribution in [0.2, 0.25) is 0 Å². The average Bonchev–Trinajstić information content (AvgIpc) is 2.75. The minimum atomic E-state index is -0.553. The summed E-state index contributed by atoms with van der Waals surface area (Å²) >= 11 is 0. The molecule has 0 aliphatic carbocycles. The van der Waals surface area contributed by atoms with Gasteiger partial charge in [-0.1, -0.05) is 18.2 Å². The Balaban J connectivity index is 1.46. The van der Waals surface area contributed by atoms with Crippen molar-refractivity contribution in [2.45, 2.75) is 37.8 Å². The van der Waals surface area contributed by atoms with Crippen molar-refractivity contribution in [2.24, 2.45) is 5.92 Å². The van der Waals surface area contributed by atoms with Gasteiger partial charge in [-0.2, -0.15) is 0 Å². The number of likely N-dealkylation sites (tertiary alicyclic amines) is 1. The van der Waals surface area contributed by atoms with Gasteiger partial charge < -0.3 is 10.1 Å². The molecule has 154 valence electrons. The number of halogens is 1. The number of benzene rings is 1. The minimum absolute atomic E-state index is 0.0614. The number of hydrogen-bond donors (Lipinski definition) is 1. The number of nitrogens with zero attached hydrogens (tertiary/aromatic N) is 2. The quantitative estimate of drug-likeness (QED) is 0.842. The highest BCUT2D eigenvalue weighted by Gasteiger charge is 2.38. The van der Waals surface area contributed by atoms with E-state index in [1.807, 2.05) is 18.3 Å². The monoisotopic (exact) mass is 397 g/mol. The first kappa shape index (κ1) is 20.0. The molecule has 1 aromatic heterocycles. The molecule has 4 rings (SSSR count). The third-order valence-electron chi connectivity index (χ3n) is 6.09. The van der Waals surface area contributed by atoms with Crippen LogP contribution in [0.5, 0.6) is 0 Å². The summed E-state index contributed by atoms with van der Waals surface area (Å²) in [7, 11) is 0. The molecule has 0 bridgehead atoms. The zero-order chi connectivity index (χ0) is 20.1. The van der Waals surface area contributed by atoms with Gasteiger partial charge in [-0.3, -0.25) is 14.7 Å². The molecule has 2 fully saturated rings. The molecule has 1 amide bonds. The number of aromatic nitrogens is 1. The summed E-state index contributed by atoms with van der Waals surface area (Å²) in [4.78, 5) is 19.7. The van der Waals surface area contributed by atoms with Gasteiger partial charge in [-0.15, -0.1) is 0 Å². The summed E-state index contributed by atoms with van der Waals surface area (Å²) < 4.78 is 19.4. The normalized spacial score (nSPS) is 22.2. The van der Waals surface area contributed by atoms with Gasteiger partial charge in [0.15, 0.2) is 0 Å². The number of nitrogens with one attached hydrogen (secondary N) is 1. The third-order valence-corrected chi connectivity index (χ3v) is 6.09. The Morgan fingerprint density at radius 2 is 2.14 bits per heavy atom. The van der Waals surface area contributed by atoms with E-state index < -0.39 is 5.54 Å². The highest BCUT2D eigenvalue weighted by molar-refractivity contribution is 5.80. The summed E-state index contributed by atoms with van der Waals surface area (Å²) in [5.41, 5.74) is 1.44. The largest absolute Gasteiger partial charge is 0.381 e. The third kappa shape index (κ3) is 4.82. The summed E-state index contributed by atoms with van der Waals surface area (Å²) in [5, 5.41) is 3.31. The van der Waals surface area contributed by atoms with Crippen LogP contribution in [0.15, 0.2) is 48.8 Å². The standard InChI is InChI=1S/C23H28FN3O2/c24-21-7-1-6-20(14-21)23(8-12-29-13-9-23)26-22(28)19-5-3-11-27(17-19)16-18-4-2-10-25-15-18/h1-2,4,6-7,10,14-15,19H,3,5,8-9,11-13,16-17H2,(H,26,28). The highest BCUT2D eigenvalue weighted by Crippen LogP contribution is 2.33. The molecular formula is C23H28FN3O2. The molecule has 0 spiro atoms. The Morgan fingerprint density at radius 1 is 1.28 bits per heavy atom. The average molecular weight is 397 g/mol. The van der Waals surface area contributed by atoms with Crippen molar-refractivity contribution >= 4 is 5.91 Å². The molecule has 5 nitrogen and oxygen atoms in total. The topological polar surface area (TPSA) is 54.5 Å². The van der Waals surface area contributed by atoms with Crippen LogP contribution in [0, 0.1) is 11.7 Å². The number of piperidine rings is 1. The van der Waals surface area contributed by atoms with Crippen molar-refractivity contribution in [2.75, 3.05) is 26.3 Å². The maximum atomic E-state index is 13.9. The smallest absolute Gasteiger partial charge is 0.225 e. The van der Waals surface area contributed by atoms with E-state index in [1.54, 1.807) is 18.3 Å². The number of amides is 1. The molecule has 2 aromatic rings. The number of carbonyl (C=O) groups excluding carboxylic acids is 1. The lowest BCUT2D eigenvalue weighted by atomic mass is 9.81. The predicted octanol–water partition coefficient (Wildman–Crippen LogP) is 3.25. The van der Waals surface area contributed by atoms with Gasteiger partial charge in [0, 0.05) is 38.7 Å². The van der Waals surface area contributed by atoms with E-state index in [0.29, 0.717) is 26.1 Å². The molecule has 2 aliphatic rings. The van der Waals surface area contributed by atoms with Gasteiger partial charge in [-0.25, -0.2) is 4.39 Å². The Kier molecular flexibility index (Phi) is 6.21. The van der Waals surface area contributed by atoms with Gasteiger partial charge >= 0.3 is 0 Å². The van der Waals surface area contributed by atoms with Crippen LogP contribution in [0.4, 0.5) is 4.39 Å². The van der Waals surface area contributed by atoms with Crippen molar-refractivity contribution in [1.29, 1.82) is 0 Å². The lowest BCUT2D eigenvalue weighted by molar-refractivity contribution is -0.130. The molecule has 1 N–H and O–H groups in total. The van der Waals surface area contributed by atoms with Crippen LogP contribution < -0.4 is 5.32 Å². The number of carbonyl (C=O) groups is 1. The first-order valence-electron chi connectivity index (χ1n) is 10.4. The molecule has 1 unspecified atom stereocenters. The second-order valence-electron chi connectivity index (χ2n) is 8.13. The van der Waals surface area contributed by atoms with E-state index in [9.17, 15) is 9.18 Å². The van der Waals surface area contributed by atoms with Gasteiger partial charge in [-0.05, 0) is 61.6 Å². The number of rotatable bonds is 5. The van der Waals surface area contributed by atoms with E-state index in [1.165, 1.54) is 6.07 Å². The van der Waals surface area contributed by atoms with E-state index in [4.69, 9.17) is 4.74 Å². The van der Waals surface area contributed by atoms with Gasteiger partial charge in [0.25, 0.3) is 0 Å². The van der Waals surface area contributed by atoms with Gasteiger partial charge in [0.1, 0.15) is 5.82 Å². The second-order valence-corrected chi connectivity index (χ2v) is 8.13. The molecule has 0 saturated carbocycles. The zero-order valence-corrected chi connectivity index (χ0v) is 16.6. The molecule has 0 radical (unpaired) electrons. The number of hydrogen-bond acceptors (Lipinski definition) is 4. The Labute approximate surface area is 171 Å². The van der Waals surface area contributed by atoms with Crippen LogP contribution >= 0.6 is 0 Å². The van der Waals surface area contributed by atoms with Crippen LogP contribution in [0.1, 0.15) is 36.8 Å².